The van der Waals surface area contributed by atoms with Crippen molar-refractivity contribution in [1.29, 1.82) is 0 Å². The van der Waals surface area contributed by atoms with Crippen molar-refractivity contribution in [2.75, 3.05) is 10.2 Å². The van der Waals surface area contributed by atoms with Crippen molar-refractivity contribution in [2.24, 2.45) is 0 Å². The first kappa shape index (κ1) is 16.1. The summed E-state index contributed by atoms with van der Waals surface area (Å²) in [4.78, 5) is 15.0. The van der Waals surface area contributed by atoms with Gasteiger partial charge in [-0.05, 0) is 36.3 Å². The van der Waals surface area contributed by atoms with Gasteiger partial charge in [0.15, 0.2) is 0 Å². The number of nitrogens with one attached hydrogen (secondary N) is 1. The number of rotatable bonds is 2. The lowest BCUT2D eigenvalue weighted by Gasteiger charge is -2.24. The summed E-state index contributed by atoms with van der Waals surface area (Å²) in [5.41, 5.74) is 3.77. The number of allylic oxidation sites excluding steroid dienone is 2. The second kappa shape index (κ2) is 6.48. The molecule has 2 aromatic rings. The normalized spacial score (nSPS) is 19.2. The van der Waals surface area contributed by atoms with E-state index in [1.54, 1.807) is 11.0 Å². The fraction of sp³-hybridized carbons (Fsp3) is 0.150. The average molecular weight is 399 g/mol. The SMILES string of the molecule is O=C1C2=C(C=CC(Br)C2)Nc2ccc(F)cc2N1Cc1ccccc1. The van der Waals surface area contributed by atoms with E-state index in [1.807, 2.05) is 42.5 Å². The second-order valence-electron chi connectivity index (χ2n) is 6.13. The Morgan fingerprint density at radius 1 is 1.20 bits per heavy atom. The number of alkyl halides is 1. The van der Waals surface area contributed by atoms with Gasteiger partial charge in [0.2, 0.25) is 0 Å². The molecule has 1 unspecified atom stereocenters. The highest BCUT2D eigenvalue weighted by molar-refractivity contribution is 9.09. The highest BCUT2D eigenvalue weighted by Crippen LogP contribution is 2.37. The van der Waals surface area contributed by atoms with Crippen LogP contribution in [0, 0.1) is 5.82 Å². The fourth-order valence-electron chi connectivity index (χ4n) is 3.17. The molecule has 4 rings (SSSR count). The second-order valence-corrected chi connectivity index (χ2v) is 7.31. The lowest BCUT2D eigenvalue weighted by molar-refractivity contribution is -0.115. The summed E-state index contributed by atoms with van der Waals surface area (Å²) in [6.45, 7) is 0.394. The van der Waals surface area contributed by atoms with Gasteiger partial charge in [-0.2, -0.15) is 0 Å². The molecule has 0 saturated carbocycles. The van der Waals surface area contributed by atoms with E-state index < -0.39 is 0 Å². The Morgan fingerprint density at radius 3 is 2.80 bits per heavy atom. The third-order valence-corrected chi connectivity index (χ3v) is 5.03. The number of benzene rings is 2. The Kier molecular flexibility index (Phi) is 4.17. The molecule has 126 valence electrons. The van der Waals surface area contributed by atoms with Gasteiger partial charge in [0.25, 0.3) is 5.91 Å². The zero-order valence-corrected chi connectivity index (χ0v) is 15.0. The van der Waals surface area contributed by atoms with Gasteiger partial charge < -0.3 is 10.2 Å². The number of fused-ring (bicyclic) bond motifs is 1. The number of hydrogen-bond donors (Lipinski definition) is 1. The minimum Gasteiger partial charge on any atom is -0.353 e. The van der Waals surface area contributed by atoms with Crippen LogP contribution in [0.4, 0.5) is 15.8 Å². The van der Waals surface area contributed by atoms with Crippen molar-refractivity contribution in [3.63, 3.8) is 0 Å². The molecule has 0 fully saturated rings. The predicted octanol–water partition coefficient (Wildman–Crippen LogP) is 4.76. The Labute approximate surface area is 154 Å². The molecule has 1 aliphatic carbocycles. The molecule has 1 amide bonds. The molecule has 0 radical (unpaired) electrons. The molecule has 3 nitrogen and oxygen atoms in total. The molecule has 1 atom stereocenters. The van der Waals surface area contributed by atoms with Gasteiger partial charge in [-0.1, -0.05) is 52.3 Å². The van der Waals surface area contributed by atoms with Crippen LogP contribution in [0.25, 0.3) is 0 Å². The summed E-state index contributed by atoms with van der Waals surface area (Å²) < 4.78 is 13.9. The van der Waals surface area contributed by atoms with Crippen LogP contribution in [0.1, 0.15) is 12.0 Å². The number of halogens is 2. The van der Waals surface area contributed by atoms with E-state index in [0.29, 0.717) is 24.2 Å². The maximum atomic E-state index is 13.9. The number of carbonyl (C=O) groups excluding carboxylic acids is 1. The van der Waals surface area contributed by atoms with Crippen molar-refractivity contribution in [3.8, 4) is 0 Å². The summed E-state index contributed by atoms with van der Waals surface area (Å²) >= 11 is 3.56. The van der Waals surface area contributed by atoms with Crippen molar-refractivity contribution >= 4 is 33.2 Å². The van der Waals surface area contributed by atoms with Crippen molar-refractivity contribution in [1.82, 2.24) is 0 Å². The summed E-state index contributed by atoms with van der Waals surface area (Å²) in [6.07, 6.45) is 4.52. The van der Waals surface area contributed by atoms with Crippen LogP contribution < -0.4 is 10.2 Å². The molecule has 2 aliphatic rings. The van der Waals surface area contributed by atoms with Crippen LogP contribution >= 0.6 is 15.9 Å². The maximum Gasteiger partial charge on any atom is 0.256 e. The summed E-state index contributed by atoms with van der Waals surface area (Å²) in [6, 6.07) is 14.2. The number of carbonyl (C=O) groups is 1. The highest BCUT2D eigenvalue weighted by Gasteiger charge is 2.31. The molecule has 0 aromatic heterocycles. The third-order valence-electron chi connectivity index (χ3n) is 4.40. The Morgan fingerprint density at radius 2 is 2.00 bits per heavy atom. The smallest absolute Gasteiger partial charge is 0.256 e. The van der Waals surface area contributed by atoms with Crippen LogP contribution in [0.15, 0.2) is 72.0 Å². The van der Waals surface area contributed by atoms with Gasteiger partial charge in [-0.15, -0.1) is 0 Å². The van der Waals surface area contributed by atoms with E-state index in [9.17, 15) is 9.18 Å². The Balaban J connectivity index is 1.82. The first-order valence-electron chi connectivity index (χ1n) is 8.09. The lowest BCUT2D eigenvalue weighted by atomic mass is 10.0. The lowest BCUT2D eigenvalue weighted by Crippen LogP contribution is -2.32. The number of nitrogens with zero attached hydrogens (tertiary/aromatic N) is 1. The van der Waals surface area contributed by atoms with Crippen LogP contribution in [-0.4, -0.2) is 10.7 Å². The molecular weight excluding hydrogens is 383 g/mol. The third kappa shape index (κ3) is 3.12. The Bertz CT molecular complexity index is 892. The van der Waals surface area contributed by atoms with E-state index >= 15 is 0 Å². The summed E-state index contributed by atoms with van der Waals surface area (Å²) in [7, 11) is 0. The van der Waals surface area contributed by atoms with Crippen LogP contribution in [0.5, 0.6) is 0 Å². The van der Waals surface area contributed by atoms with Crippen molar-refractivity contribution in [2.45, 2.75) is 17.8 Å². The van der Waals surface area contributed by atoms with Crippen LogP contribution in [0.2, 0.25) is 0 Å². The molecular formula is C20H16BrFN2O. The van der Waals surface area contributed by atoms with Gasteiger partial charge in [-0.25, -0.2) is 4.39 Å². The molecule has 1 heterocycles. The van der Waals surface area contributed by atoms with E-state index in [4.69, 9.17) is 0 Å². The van der Waals surface area contributed by atoms with Crippen molar-refractivity contribution < 1.29 is 9.18 Å². The molecule has 5 heteroatoms. The van der Waals surface area contributed by atoms with E-state index in [1.165, 1.54) is 12.1 Å². The van der Waals surface area contributed by atoms with Crippen LogP contribution in [0.3, 0.4) is 0 Å². The van der Waals surface area contributed by atoms with Gasteiger partial charge in [0, 0.05) is 16.1 Å². The van der Waals surface area contributed by atoms with E-state index in [2.05, 4.69) is 21.2 Å². The topological polar surface area (TPSA) is 32.3 Å². The first-order valence-corrected chi connectivity index (χ1v) is 9.01. The van der Waals surface area contributed by atoms with Gasteiger partial charge >= 0.3 is 0 Å². The monoisotopic (exact) mass is 398 g/mol. The molecule has 2 aromatic carbocycles. The minimum atomic E-state index is -0.361. The Hall–Kier alpha value is -2.40. The summed E-state index contributed by atoms with van der Waals surface area (Å²) in [5.74, 6) is -0.454. The zero-order valence-electron chi connectivity index (χ0n) is 13.4. The maximum absolute atomic E-state index is 13.9. The highest BCUT2D eigenvalue weighted by atomic mass is 79.9. The average Bonchev–Trinajstić information content (AvgIpc) is 2.72. The number of amides is 1. The fourth-order valence-corrected chi connectivity index (χ4v) is 3.64. The molecule has 0 bridgehead atoms. The first-order chi connectivity index (χ1) is 12.1. The zero-order chi connectivity index (χ0) is 17.4. The predicted molar refractivity (Wildman–Crippen MR) is 101 cm³/mol. The number of hydrogen-bond acceptors (Lipinski definition) is 2. The minimum absolute atomic E-state index is 0.0931. The summed E-state index contributed by atoms with van der Waals surface area (Å²) in [5, 5.41) is 3.30. The van der Waals surface area contributed by atoms with E-state index in [0.717, 1.165) is 16.9 Å². The largest absolute Gasteiger partial charge is 0.353 e. The van der Waals surface area contributed by atoms with Crippen molar-refractivity contribution in [3.05, 3.63) is 83.3 Å². The van der Waals surface area contributed by atoms with Gasteiger partial charge in [0.1, 0.15) is 5.82 Å². The molecule has 0 spiro atoms. The quantitative estimate of drug-likeness (QED) is 0.739. The van der Waals surface area contributed by atoms with Crippen LogP contribution in [-0.2, 0) is 11.3 Å². The number of anilines is 2. The molecule has 1 aliphatic heterocycles. The van der Waals surface area contributed by atoms with E-state index in [-0.39, 0.29) is 16.6 Å². The molecule has 1 N–H and O–H groups in total. The standard InChI is InChI=1S/C20H16BrFN2O/c21-14-6-8-17-16(10-14)20(25)24(12-13-4-2-1-3-5-13)19-11-15(22)7-9-18(19)23-17/h1-9,11,14,23H,10,12H2. The molecule has 0 saturated heterocycles. The van der Waals surface area contributed by atoms with Gasteiger partial charge in [0.05, 0.1) is 17.9 Å². The van der Waals surface area contributed by atoms with Gasteiger partial charge in [-0.3, -0.25) is 4.79 Å². The molecule has 25 heavy (non-hydrogen) atoms.